The molecule has 0 aliphatic rings. The summed E-state index contributed by atoms with van der Waals surface area (Å²) in [6.07, 6.45) is 0.222. The lowest BCUT2D eigenvalue weighted by atomic mass is 10.2. The van der Waals surface area contributed by atoms with E-state index in [1.807, 2.05) is 37.3 Å². The van der Waals surface area contributed by atoms with Gasteiger partial charge in [-0.05, 0) is 62.4 Å². The van der Waals surface area contributed by atoms with E-state index in [0.29, 0.717) is 0 Å². The summed E-state index contributed by atoms with van der Waals surface area (Å²) >= 11 is 1.84. The summed E-state index contributed by atoms with van der Waals surface area (Å²) in [7, 11) is 0. The molecule has 3 heteroatoms. The minimum absolute atomic E-state index is 0.222. The Morgan fingerprint density at radius 3 is 2.47 bits per heavy atom. The van der Waals surface area contributed by atoms with E-state index < -0.39 is 0 Å². The van der Waals surface area contributed by atoms with Gasteiger partial charge in [0, 0.05) is 16.3 Å². The maximum atomic E-state index is 5.66. The molecule has 2 aromatic rings. The molecule has 1 heterocycles. The number of hydrogen-bond acceptors (Lipinski definition) is 3. The molecule has 102 valence electrons. The van der Waals surface area contributed by atoms with Crippen LogP contribution in [0.25, 0.3) is 10.4 Å². The zero-order valence-electron chi connectivity index (χ0n) is 11.8. The molecule has 0 saturated heterocycles. The quantitative estimate of drug-likeness (QED) is 0.848. The van der Waals surface area contributed by atoms with Crippen LogP contribution in [0.3, 0.4) is 0 Å². The molecule has 0 bridgehead atoms. The number of nitrogens with one attached hydrogen (secondary N) is 1. The monoisotopic (exact) mass is 275 g/mol. The van der Waals surface area contributed by atoms with Crippen molar-refractivity contribution in [1.29, 1.82) is 0 Å². The molecule has 2 rings (SSSR count). The van der Waals surface area contributed by atoms with Crippen LogP contribution in [0.1, 0.15) is 25.6 Å². The van der Waals surface area contributed by atoms with E-state index in [-0.39, 0.29) is 6.10 Å². The number of thiophene rings is 1. The Balaban J connectivity index is 2.07. The standard InChI is InChI=1S/C16H21NOS/c1-4-17-11-15-9-10-16(19-15)13-5-7-14(8-6-13)18-12(2)3/h5-10,12,17H,4,11H2,1-3H3. The summed E-state index contributed by atoms with van der Waals surface area (Å²) in [4.78, 5) is 2.68. The van der Waals surface area contributed by atoms with Crippen LogP contribution in [0.2, 0.25) is 0 Å². The van der Waals surface area contributed by atoms with Crippen molar-refractivity contribution in [3.63, 3.8) is 0 Å². The second kappa shape index (κ2) is 6.73. The summed E-state index contributed by atoms with van der Waals surface area (Å²) in [5.74, 6) is 0.933. The van der Waals surface area contributed by atoms with Crippen molar-refractivity contribution in [3.05, 3.63) is 41.3 Å². The molecule has 19 heavy (non-hydrogen) atoms. The molecular formula is C16H21NOS. The van der Waals surface area contributed by atoms with Gasteiger partial charge in [0.1, 0.15) is 5.75 Å². The van der Waals surface area contributed by atoms with Gasteiger partial charge in [0.15, 0.2) is 0 Å². The molecule has 0 fully saturated rings. The van der Waals surface area contributed by atoms with Gasteiger partial charge < -0.3 is 10.1 Å². The molecular weight excluding hydrogens is 254 g/mol. The average molecular weight is 275 g/mol. The van der Waals surface area contributed by atoms with Crippen LogP contribution in [-0.4, -0.2) is 12.6 Å². The minimum Gasteiger partial charge on any atom is -0.491 e. The average Bonchev–Trinajstić information content (AvgIpc) is 2.85. The van der Waals surface area contributed by atoms with Gasteiger partial charge in [-0.3, -0.25) is 0 Å². The number of hydrogen-bond donors (Lipinski definition) is 1. The predicted octanol–water partition coefficient (Wildman–Crippen LogP) is 4.31. The Labute approximate surface area is 119 Å². The molecule has 1 aromatic heterocycles. The number of rotatable bonds is 6. The lowest BCUT2D eigenvalue weighted by Crippen LogP contribution is -2.10. The zero-order valence-corrected chi connectivity index (χ0v) is 12.6. The lowest BCUT2D eigenvalue weighted by molar-refractivity contribution is 0.242. The van der Waals surface area contributed by atoms with E-state index in [1.54, 1.807) is 0 Å². The van der Waals surface area contributed by atoms with Crippen molar-refractivity contribution >= 4 is 11.3 Å². The highest BCUT2D eigenvalue weighted by Crippen LogP contribution is 2.29. The maximum absolute atomic E-state index is 5.66. The van der Waals surface area contributed by atoms with Crippen molar-refractivity contribution in [2.75, 3.05) is 6.54 Å². The largest absolute Gasteiger partial charge is 0.491 e. The van der Waals surface area contributed by atoms with Crippen molar-refractivity contribution in [3.8, 4) is 16.2 Å². The van der Waals surface area contributed by atoms with Gasteiger partial charge in [-0.1, -0.05) is 6.92 Å². The van der Waals surface area contributed by atoms with Crippen LogP contribution in [0.5, 0.6) is 5.75 Å². The molecule has 1 aromatic carbocycles. The molecule has 2 nitrogen and oxygen atoms in total. The van der Waals surface area contributed by atoms with E-state index in [9.17, 15) is 0 Å². The Bertz CT molecular complexity index is 502. The van der Waals surface area contributed by atoms with Crippen LogP contribution in [-0.2, 0) is 6.54 Å². The third-order valence-electron chi connectivity index (χ3n) is 2.72. The SMILES string of the molecule is CCNCc1ccc(-c2ccc(OC(C)C)cc2)s1. The summed E-state index contributed by atoms with van der Waals surface area (Å²) in [6.45, 7) is 8.17. The Hall–Kier alpha value is -1.32. The highest BCUT2D eigenvalue weighted by Gasteiger charge is 2.04. The highest BCUT2D eigenvalue weighted by molar-refractivity contribution is 7.15. The highest BCUT2D eigenvalue weighted by atomic mass is 32.1. The van der Waals surface area contributed by atoms with Gasteiger partial charge in [0.05, 0.1) is 6.10 Å². The van der Waals surface area contributed by atoms with Crippen LogP contribution in [0, 0.1) is 0 Å². The van der Waals surface area contributed by atoms with Crippen LogP contribution in [0.15, 0.2) is 36.4 Å². The lowest BCUT2D eigenvalue weighted by Gasteiger charge is -2.09. The second-order valence-corrected chi connectivity index (χ2v) is 5.91. The summed E-state index contributed by atoms with van der Waals surface area (Å²) in [6, 6.07) is 12.7. The van der Waals surface area contributed by atoms with Crippen molar-refractivity contribution in [2.45, 2.75) is 33.4 Å². The smallest absolute Gasteiger partial charge is 0.119 e. The normalized spacial score (nSPS) is 10.9. The molecule has 0 saturated carbocycles. The van der Waals surface area contributed by atoms with Crippen LogP contribution in [0.4, 0.5) is 0 Å². The summed E-state index contributed by atoms with van der Waals surface area (Å²) < 4.78 is 5.66. The topological polar surface area (TPSA) is 21.3 Å². The fourth-order valence-electron chi connectivity index (χ4n) is 1.85. The third-order valence-corrected chi connectivity index (χ3v) is 3.86. The summed E-state index contributed by atoms with van der Waals surface area (Å²) in [5, 5.41) is 3.35. The fourth-order valence-corrected chi connectivity index (χ4v) is 2.83. The van der Waals surface area contributed by atoms with E-state index in [1.165, 1.54) is 15.3 Å². The van der Waals surface area contributed by atoms with Crippen molar-refractivity contribution < 1.29 is 4.74 Å². The van der Waals surface area contributed by atoms with E-state index >= 15 is 0 Å². The first-order valence-electron chi connectivity index (χ1n) is 6.75. The first kappa shape index (κ1) is 14.1. The van der Waals surface area contributed by atoms with E-state index in [0.717, 1.165) is 18.8 Å². The van der Waals surface area contributed by atoms with Gasteiger partial charge in [-0.2, -0.15) is 0 Å². The number of ether oxygens (including phenoxy) is 1. The molecule has 0 amide bonds. The molecule has 1 N–H and O–H groups in total. The predicted molar refractivity (Wildman–Crippen MR) is 82.9 cm³/mol. The van der Waals surface area contributed by atoms with Gasteiger partial charge >= 0.3 is 0 Å². The van der Waals surface area contributed by atoms with Gasteiger partial charge in [0.2, 0.25) is 0 Å². The van der Waals surface area contributed by atoms with Gasteiger partial charge in [-0.25, -0.2) is 0 Å². The molecule has 0 radical (unpaired) electrons. The molecule has 0 unspecified atom stereocenters. The van der Waals surface area contributed by atoms with Crippen molar-refractivity contribution in [2.24, 2.45) is 0 Å². The Morgan fingerprint density at radius 2 is 1.84 bits per heavy atom. The zero-order chi connectivity index (χ0) is 13.7. The fraction of sp³-hybridized carbons (Fsp3) is 0.375. The molecule has 0 atom stereocenters. The molecule has 0 aliphatic heterocycles. The molecule has 0 spiro atoms. The second-order valence-electron chi connectivity index (χ2n) is 4.74. The first-order chi connectivity index (χ1) is 9.19. The van der Waals surface area contributed by atoms with Crippen LogP contribution < -0.4 is 10.1 Å². The van der Waals surface area contributed by atoms with Gasteiger partial charge in [-0.15, -0.1) is 11.3 Å². The third kappa shape index (κ3) is 4.08. The summed E-state index contributed by atoms with van der Waals surface area (Å²) in [5.41, 5.74) is 1.25. The Morgan fingerprint density at radius 1 is 1.11 bits per heavy atom. The van der Waals surface area contributed by atoms with Crippen LogP contribution >= 0.6 is 11.3 Å². The van der Waals surface area contributed by atoms with Crippen molar-refractivity contribution in [1.82, 2.24) is 5.32 Å². The maximum Gasteiger partial charge on any atom is 0.119 e. The van der Waals surface area contributed by atoms with Gasteiger partial charge in [0.25, 0.3) is 0 Å². The number of benzene rings is 1. The van der Waals surface area contributed by atoms with E-state index in [4.69, 9.17) is 4.74 Å². The van der Waals surface area contributed by atoms with E-state index in [2.05, 4.69) is 36.5 Å². The Kier molecular flexibility index (Phi) is 5.00. The minimum atomic E-state index is 0.222. The first-order valence-corrected chi connectivity index (χ1v) is 7.57. The molecule has 0 aliphatic carbocycles.